The average Bonchev–Trinajstić information content (AvgIpc) is 2.51. The van der Waals surface area contributed by atoms with E-state index in [1.54, 1.807) is 18.2 Å². The van der Waals surface area contributed by atoms with Crippen LogP contribution in [0.5, 0.6) is 11.5 Å². The molecule has 0 saturated heterocycles. The second-order valence-electron chi connectivity index (χ2n) is 4.56. The SMILES string of the molecule is CC/C(=N\NC(=O)c1ccc(O)cc1)c1cc(Br)ccc1O. The first-order chi connectivity index (χ1) is 10.5. The molecule has 0 heterocycles. The monoisotopic (exact) mass is 362 g/mol. The van der Waals surface area contributed by atoms with Crippen molar-refractivity contribution in [3.05, 3.63) is 58.1 Å². The molecule has 2 rings (SSSR count). The quantitative estimate of drug-likeness (QED) is 0.575. The molecule has 0 aliphatic rings. The molecule has 2 aromatic rings. The number of amides is 1. The van der Waals surface area contributed by atoms with Gasteiger partial charge in [0.2, 0.25) is 0 Å². The van der Waals surface area contributed by atoms with Gasteiger partial charge in [0.1, 0.15) is 11.5 Å². The minimum Gasteiger partial charge on any atom is -0.508 e. The van der Waals surface area contributed by atoms with Crippen LogP contribution in [0.4, 0.5) is 0 Å². The Hall–Kier alpha value is -2.34. The molecule has 114 valence electrons. The fourth-order valence-electron chi connectivity index (χ4n) is 1.86. The lowest BCUT2D eigenvalue weighted by Crippen LogP contribution is -2.20. The Morgan fingerprint density at radius 2 is 1.86 bits per heavy atom. The summed E-state index contributed by atoms with van der Waals surface area (Å²) in [4.78, 5) is 12.0. The van der Waals surface area contributed by atoms with E-state index in [9.17, 15) is 15.0 Å². The van der Waals surface area contributed by atoms with Gasteiger partial charge in [-0.05, 0) is 48.9 Å². The zero-order chi connectivity index (χ0) is 16.1. The molecule has 2 aromatic carbocycles. The van der Waals surface area contributed by atoms with Crippen LogP contribution in [0.3, 0.4) is 0 Å². The van der Waals surface area contributed by atoms with Crippen LogP contribution in [-0.4, -0.2) is 21.8 Å². The third kappa shape index (κ3) is 3.85. The van der Waals surface area contributed by atoms with Crippen LogP contribution < -0.4 is 5.43 Å². The standard InChI is InChI=1S/C16H15BrN2O3/c1-2-14(13-9-11(17)5-8-15(13)21)18-19-16(22)10-3-6-12(20)7-4-10/h3-9,20-21H,2H2,1H3,(H,19,22)/b18-14+. The van der Waals surface area contributed by atoms with Gasteiger partial charge in [0.15, 0.2) is 0 Å². The minimum absolute atomic E-state index is 0.0911. The zero-order valence-corrected chi connectivity index (χ0v) is 13.5. The smallest absolute Gasteiger partial charge is 0.271 e. The van der Waals surface area contributed by atoms with Crippen molar-refractivity contribution in [3.63, 3.8) is 0 Å². The van der Waals surface area contributed by atoms with E-state index >= 15 is 0 Å². The second-order valence-corrected chi connectivity index (χ2v) is 5.48. The van der Waals surface area contributed by atoms with E-state index in [0.29, 0.717) is 23.3 Å². The van der Waals surface area contributed by atoms with Gasteiger partial charge in [-0.2, -0.15) is 5.10 Å². The highest BCUT2D eigenvalue weighted by Gasteiger charge is 2.10. The number of hydrogen-bond acceptors (Lipinski definition) is 4. The molecule has 1 amide bonds. The number of phenols is 2. The van der Waals surface area contributed by atoms with Crippen molar-refractivity contribution >= 4 is 27.5 Å². The third-order valence-electron chi connectivity index (χ3n) is 3.03. The highest BCUT2D eigenvalue weighted by atomic mass is 79.9. The molecule has 0 spiro atoms. The average molecular weight is 363 g/mol. The van der Waals surface area contributed by atoms with Crippen molar-refractivity contribution in [1.29, 1.82) is 0 Å². The van der Waals surface area contributed by atoms with Gasteiger partial charge in [0.25, 0.3) is 5.91 Å². The first-order valence-electron chi connectivity index (χ1n) is 6.66. The Bertz CT molecular complexity index is 712. The summed E-state index contributed by atoms with van der Waals surface area (Å²) in [6.45, 7) is 1.88. The van der Waals surface area contributed by atoms with Gasteiger partial charge in [-0.1, -0.05) is 22.9 Å². The van der Waals surface area contributed by atoms with E-state index in [4.69, 9.17) is 0 Å². The normalized spacial score (nSPS) is 11.3. The van der Waals surface area contributed by atoms with Crippen molar-refractivity contribution in [2.24, 2.45) is 5.10 Å². The fourth-order valence-corrected chi connectivity index (χ4v) is 2.23. The van der Waals surface area contributed by atoms with Gasteiger partial charge < -0.3 is 10.2 Å². The molecule has 6 heteroatoms. The summed E-state index contributed by atoms with van der Waals surface area (Å²) in [7, 11) is 0. The Labute approximate surface area is 136 Å². The highest BCUT2D eigenvalue weighted by molar-refractivity contribution is 9.10. The lowest BCUT2D eigenvalue weighted by Gasteiger charge is -2.08. The predicted octanol–water partition coefficient (Wildman–Crippen LogP) is 3.40. The summed E-state index contributed by atoms with van der Waals surface area (Å²) in [6, 6.07) is 10.9. The van der Waals surface area contributed by atoms with Crippen LogP contribution in [0, 0.1) is 0 Å². The molecule has 0 fully saturated rings. The molecule has 0 aliphatic carbocycles. The van der Waals surface area contributed by atoms with Gasteiger partial charge in [0, 0.05) is 15.6 Å². The van der Waals surface area contributed by atoms with E-state index in [0.717, 1.165) is 4.47 Å². The van der Waals surface area contributed by atoms with E-state index in [2.05, 4.69) is 26.5 Å². The van der Waals surface area contributed by atoms with Gasteiger partial charge >= 0.3 is 0 Å². The van der Waals surface area contributed by atoms with Crippen LogP contribution in [-0.2, 0) is 0 Å². The molecule has 0 saturated carbocycles. The lowest BCUT2D eigenvalue weighted by atomic mass is 10.1. The number of hydrazone groups is 1. The molecule has 0 bridgehead atoms. The van der Waals surface area contributed by atoms with Crippen LogP contribution in [0.1, 0.15) is 29.3 Å². The summed E-state index contributed by atoms with van der Waals surface area (Å²) in [6.07, 6.45) is 0.542. The van der Waals surface area contributed by atoms with Crippen LogP contribution >= 0.6 is 15.9 Å². The molecule has 22 heavy (non-hydrogen) atoms. The number of nitrogens with one attached hydrogen (secondary N) is 1. The molecule has 0 aliphatic heterocycles. The highest BCUT2D eigenvalue weighted by Crippen LogP contribution is 2.23. The summed E-state index contributed by atoms with van der Waals surface area (Å²) in [5.74, 6) is -0.198. The van der Waals surface area contributed by atoms with Gasteiger partial charge in [0.05, 0.1) is 5.71 Å². The second kappa shape index (κ2) is 7.09. The largest absolute Gasteiger partial charge is 0.508 e. The number of halogens is 1. The number of aromatic hydroxyl groups is 2. The van der Waals surface area contributed by atoms with Gasteiger partial charge in [-0.25, -0.2) is 5.43 Å². The van der Waals surface area contributed by atoms with Crippen molar-refractivity contribution in [1.82, 2.24) is 5.43 Å². The number of carbonyl (C=O) groups excluding carboxylic acids is 1. The van der Waals surface area contributed by atoms with Crippen LogP contribution in [0.15, 0.2) is 52.0 Å². The van der Waals surface area contributed by atoms with E-state index < -0.39 is 0 Å². The number of hydrogen-bond donors (Lipinski definition) is 3. The van der Waals surface area contributed by atoms with E-state index in [1.165, 1.54) is 24.3 Å². The van der Waals surface area contributed by atoms with Crippen molar-refractivity contribution in [2.45, 2.75) is 13.3 Å². The summed E-state index contributed by atoms with van der Waals surface area (Å²) >= 11 is 3.34. The number of phenolic OH excluding ortho intramolecular Hbond substituents is 2. The zero-order valence-electron chi connectivity index (χ0n) is 11.9. The fraction of sp³-hybridized carbons (Fsp3) is 0.125. The molecule has 0 radical (unpaired) electrons. The number of carbonyl (C=O) groups is 1. The van der Waals surface area contributed by atoms with Gasteiger partial charge in [-0.15, -0.1) is 0 Å². The molecule has 0 atom stereocenters. The maximum absolute atomic E-state index is 12.0. The number of benzene rings is 2. The maximum atomic E-state index is 12.0. The predicted molar refractivity (Wildman–Crippen MR) is 88.2 cm³/mol. The Morgan fingerprint density at radius 3 is 2.50 bits per heavy atom. The first-order valence-corrected chi connectivity index (χ1v) is 7.45. The topological polar surface area (TPSA) is 81.9 Å². The van der Waals surface area contributed by atoms with E-state index in [-0.39, 0.29) is 17.4 Å². The van der Waals surface area contributed by atoms with E-state index in [1.807, 2.05) is 6.92 Å². The van der Waals surface area contributed by atoms with Crippen molar-refractivity contribution in [2.75, 3.05) is 0 Å². The minimum atomic E-state index is -0.388. The number of rotatable bonds is 4. The summed E-state index contributed by atoms with van der Waals surface area (Å²) in [5, 5.41) is 23.2. The van der Waals surface area contributed by atoms with Crippen LogP contribution in [0.25, 0.3) is 0 Å². The van der Waals surface area contributed by atoms with Gasteiger partial charge in [-0.3, -0.25) is 4.79 Å². The Morgan fingerprint density at radius 1 is 1.18 bits per heavy atom. The summed E-state index contributed by atoms with van der Waals surface area (Å²) in [5.41, 5.74) is 3.96. The molecule has 0 aromatic heterocycles. The first kappa shape index (κ1) is 16.0. The van der Waals surface area contributed by atoms with Crippen LogP contribution in [0.2, 0.25) is 0 Å². The van der Waals surface area contributed by atoms with Crippen molar-refractivity contribution in [3.8, 4) is 11.5 Å². The summed E-state index contributed by atoms with van der Waals surface area (Å²) < 4.78 is 0.811. The third-order valence-corrected chi connectivity index (χ3v) is 3.52. The Balaban J connectivity index is 2.20. The molecular weight excluding hydrogens is 348 g/mol. The number of nitrogens with zero attached hydrogens (tertiary/aromatic N) is 1. The molecule has 3 N–H and O–H groups in total. The molecule has 5 nitrogen and oxygen atoms in total. The van der Waals surface area contributed by atoms with Crippen molar-refractivity contribution < 1.29 is 15.0 Å². The lowest BCUT2D eigenvalue weighted by molar-refractivity contribution is 0.0955. The maximum Gasteiger partial charge on any atom is 0.271 e. The Kier molecular flexibility index (Phi) is 5.16. The molecular formula is C16H15BrN2O3. The molecule has 0 unspecified atom stereocenters.